The molecule has 9 heteroatoms. The number of pyridine rings is 1. The molecule has 1 aliphatic heterocycles. The molecule has 0 radical (unpaired) electrons. The van der Waals surface area contributed by atoms with Crippen LogP contribution in [0.5, 0.6) is 0 Å². The monoisotopic (exact) mass is 455 g/mol. The predicted octanol–water partition coefficient (Wildman–Crippen LogP) is 3.70. The van der Waals surface area contributed by atoms with Gasteiger partial charge in [-0.3, -0.25) is 9.59 Å². The van der Waals surface area contributed by atoms with E-state index in [2.05, 4.69) is 20.3 Å². The van der Waals surface area contributed by atoms with Gasteiger partial charge in [-0.2, -0.15) is 0 Å². The Bertz CT molecular complexity index is 1200. The molecular weight excluding hydrogens is 430 g/mol. The summed E-state index contributed by atoms with van der Waals surface area (Å²) in [6, 6.07) is 6.76. The Kier molecular flexibility index (Phi) is 6.17. The third-order valence-electron chi connectivity index (χ3n) is 5.49. The fraction of sp³-hybridized carbons (Fsp3) is 0.391. The highest BCUT2D eigenvalue weighted by Crippen LogP contribution is 2.28. The molecule has 1 aromatic carbocycles. The number of amides is 1. The first-order chi connectivity index (χ1) is 15.2. The Morgan fingerprint density at radius 1 is 1.28 bits per heavy atom. The van der Waals surface area contributed by atoms with Gasteiger partial charge in [0.25, 0.3) is 11.5 Å². The molecule has 2 N–H and O–H groups in total. The maximum Gasteiger partial charge on any atom is 0.258 e. The molecule has 1 aliphatic rings. The van der Waals surface area contributed by atoms with Crippen LogP contribution in [0.15, 0.2) is 35.3 Å². The van der Waals surface area contributed by atoms with Crippen LogP contribution < -0.4 is 10.9 Å². The van der Waals surface area contributed by atoms with Crippen molar-refractivity contribution in [2.75, 3.05) is 18.4 Å². The second kappa shape index (κ2) is 8.88. The fourth-order valence-electron chi connectivity index (χ4n) is 4.06. The first-order valence-corrected chi connectivity index (χ1v) is 11.0. The third-order valence-corrected chi connectivity index (χ3v) is 5.82. The van der Waals surface area contributed by atoms with Gasteiger partial charge in [0, 0.05) is 24.3 Å². The summed E-state index contributed by atoms with van der Waals surface area (Å²) in [5.74, 6) is 1.08. The highest BCUT2D eigenvalue weighted by molar-refractivity contribution is 6.32. The quantitative estimate of drug-likeness (QED) is 0.622. The smallest absolute Gasteiger partial charge is 0.258 e. The highest BCUT2D eigenvalue weighted by Gasteiger charge is 2.26. The molecule has 0 bridgehead atoms. The Hall–Kier alpha value is -2.97. The van der Waals surface area contributed by atoms with Gasteiger partial charge in [0.1, 0.15) is 11.6 Å². The number of fused-ring (bicyclic) bond motifs is 1. The van der Waals surface area contributed by atoms with Crippen LogP contribution >= 0.6 is 11.6 Å². The molecule has 1 saturated heterocycles. The van der Waals surface area contributed by atoms with Crippen molar-refractivity contribution in [1.29, 1.82) is 0 Å². The largest absolute Gasteiger partial charge is 0.372 e. The van der Waals surface area contributed by atoms with Crippen molar-refractivity contribution in [3.8, 4) is 0 Å². The van der Waals surface area contributed by atoms with Gasteiger partial charge in [0.15, 0.2) is 0 Å². The second-order valence-electron chi connectivity index (χ2n) is 8.31. The number of H-pyrrole nitrogens is 1. The number of hydrogen-bond donors (Lipinski definition) is 2. The summed E-state index contributed by atoms with van der Waals surface area (Å²) < 4.78 is 5.70. The van der Waals surface area contributed by atoms with Gasteiger partial charge in [-0.05, 0) is 57.5 Å². The van der Waals surface area contributed by atoms with Gasteiger partial charge < -0.3 is 19.9 Å². The van der Waals surface area contributed by atoms with Crippen LogP contribution in [-0.2, 0) is 4.74 Å². The lowest BCUT2D eigenvalue weighted by Gasteiger charge is -2.35. The predicted molar refractivity (Wildman–Crippen MR) is 124 cm³/mol. The zero-order chi connectivity index (χ0) is 23.0. The van der Waals surface area contributed by atoms with Gasteiger partial charge in [-0.25, -0.2) is 9.97 Å². The maximum atomic E-state index is 12.8. The van der Waals surface area contributed by atoms with E-state index >= 15 is 0 Å². The molecule has 2 aromatic heterocycles. The van der Waals surface area contributed by atoms with Crippen molar-refractivity contribution < 1.29 is 9.53 Å². The molecule has 0 saturated carbocycles. The standard InChI is InChI=1S/C23H26ClN5O3/c1-12-10-29(11-13(2)32-12)23(31)16-5-6-21(25-9-16)26-14(3)17-7-18-20(8-19(17)24)27-15(4)28-22(18)30/h5-9,12-14H,10-11H2,1-4H3,(H,25,26)(H,27,28,30). The lowest BCUT2D eigenvalue weighted by atomic mass is 10.1. The average Bonchev–Trinajstić information content (AvgIpc) is 2.72. The SMILES string of the molecule is Cc1nc2cc(Cl)c(C(C)Nc3ccc(C(=O)N4CC(C)OC(C)C4)cn3)cc2c(=O)[nH]1. The lowest BCUT2D eigenvalue weighted by Crippen LogP contribution is -2.48. The molecule has 0 aliphatic carbocycles. The van der Waals surface area contributed by atoms with Crippen molar-refractivity contribution >= 4 is 34.2 Å². The van der Waals surface area contributed by atoms with E-state index in [0.717, 1.165) is 5.56 Å². The molecule has 8 nitrogen and oxygen atoms in total. The van der Waals surface area contributed by atoms with Gasteiger partial charge >= 0.3 is 0 Å². The van der Waals surface area contributed by atoms with Crippen molar-refractivity contribution in [2.45, 2.75) is 45.9 Å². The second-order valence-corrected chi connectivity index (χ2v) is 8.72. The van der Waals surface area contributed by atoms with Gasteiger partial charge in [-0.1, -0.05) is 11.6 Å². The minimum absolute atomic E-state index is 0.00972. The molecule has 1 fully saturated rings. The van der Waals surface area contributed by atoms with E-state index in [4.69, 9.17) is 16.3 Å². The summed E-state index contributed by atoms with van der Waals surface area (Å²) in [6.07, 6.45) is 1.59. The maximum absolute atomic E-state index is 12.8. The molecule has 3 atom stereocenters. The van der Waals surface area contributed by atoms with Crippen molar-refractivity contribution in [1.82, 2.24) is 19.9 Å². The van der Waals surface area contributed by atoms with Crippen LogP contribution in [0.1, 0.15) is 48.6 Å². The van der Waals surface area contributed by atoms with Crippen LogP contribution in [0.2, 0.25) is 5.02 Å². The van der Waals surface area contributed by atoms with Crippen LogP contribution in [0.25, 0.3) is 10.9 Å². The summed E-state index contributed by atoms with van der Waals surface area (Å²) in [4.78, 5) is 38.4. The van der Waals surface area contributed by atoms with Gasteiger partial charge in [-0.15, -0.1) is 0 Å². The number of carbonyl (C=O) groups is 1. The lowest BCUT2D eigenvalue weighted by molar-refractivity contribution is -0.0586. The first kappa shape index (κ1) is 22.2. The molecular formula is C23H26ClN5O3. The fourth-order valence-corrected chi connectivity index (χ4v) is 4.38. The summed E-state index contributed by atoms with van der Waals surface area (Å²) in [7, 11) is 0. The van der Waals surface area contributed by atoms with Gasteiger partial charge in [0.05, 0.1) is 34.7 Å². The van der Waals surface area contributed by atoms with E-state index in [1.165, 1.54) is 0 Å². The van der Waals surface area contributed by atoms with E-state index in [1.807, 2.05) is 20.8 Å². The van der Waals surface area contributed by atoms with Crippen molar-refractivity contribution in [2.24, 2.45) is 0 Å². The Morgan fingerprint density at radius 2 is 2.00 bits per heavy atom. The summed E-state index contributed by atoms with van der Waals surface area (Å²) in [5, 5.41) is 4.27. The summed E-state index contributed by atoms with van der Waals surface area (Å²) in [5.41, 5.74) is 1.64. The zero-order valence-corrected chi connectivity index (χ0v) is 19.2. The summed E-state index contributed by atoms with van der Waals surface area (Å²) in [6.45, 7) is 8.72. The van der Waals surface area contributed by atoms with E-state index in [9.17, 15) is 9.59 Å². The van der Waals surface area contributed by atoms with E-state index in [0.29, 0.717) is 46.2 Å². The zero-order valence-electron chi connectivity index (χ0n) is 18.5. The Morgan fingerprint density at radius 3 is 2.66 bits per heavy atom. The van der Waals surface area contributed by atoms with E-state index in [-0.39, 0.29) is 29.7 Å². The minimum atomic E-state index is -0.220. The third kappa shape index (κ3) is 4.61. The average molecular weight is 456 g/mol. The number of anilines is 1. The molecule has 1 amide bonds. The number of rotatable bonds is 4. The molecule has 32 heavy (non-hydrogen) atoms. The van der Waals surface area contributed by atoms with Crippen LogP contribution in [0, 0.1) is 6.92 Å². The van der Waals surface area contributed by atoms with E-state index < -0.39 is 0 Å². The number of ether oxygens (including phenoxy) is 1. The topological polar surface area (TPSA) is 100 Å². The Labute approximate surface area is 191 Å². The minimum Gasteiger partial charge on any atom is -0.372 e. The number of nitrogens with one attached hydrogen (secondary N) is 2. The molecule has 0 spiro atoms. The number of benzene rings is 1. The normalized spacial score (nSPS) is 19.7. The molecule has 3 unspecified atom stereocenters. The highest BCUT2D eigenvalue weighted by atomic mass is 35.5. The van der Waals surface area contributed by atoms with Crippen LogP contribution in [-0.4, -0.2) is 51.1 Å². The van der Waals surface area contributed by atoms with Crippen LogP contribution in [0.4, 0.5) is 5.82 Å². The van der Waals surface area contributed by atoms with E-state index in [1.54, 1.807) is 42.3 Å². The number of halogens is 1. The molecule has 4 rings (SSSR count). The van der Waals surface area contributed by atoms with Crippen molar-refractivity contribution in [3.63, 3.8) is 0 Å². The molecule has 168 valence electrons. The number of morpholine rings is 1. The Balaban J connectivity index is 1.50. The molecule has 3 aromatic rings. The van der Waals surface area contributed by atoms with Crippen LogP contribution in [0.3, 0.4) is 0 Å². The number of carbonyl (C=O) groups excluding carboxylic acids is 1. The van der Waals surface area contributed by atoms with Gasteiger partial charge in [0.2, 0.25) is 0 Å². The number of aromatic nitrogens is 3. The number of aromatic amines is 1. The molecule has 3 heterocycles. The first-order valence-electron chi connectivity index (χ1n) is 10.6. The number of nitrogens with zero attached hydrogens (tertiary/aromatic N) is 3. The van der Waals surface area contributed by atoms with Crippen molar-refractivity contribution in [3.05, 3.63) is 62.8 Å². The summed E-state index contributed by atoms with van der Waals surface area (Å²) >= 11 is 6.47. The number of aryl methyl sites for hydroxylation is 1. The number of hydrogen-bond acceptors (Lipinski definition) is 6.